The fourth-order valence-electron chi connectivity index (χ4n) is 1.31. The molecule has 0 bridgehead atoms. The second-order valence-corrected chi connectivity index (χ2v) is 4.59. The molecule has 0 radical (unpaired) electrons. The third-order valence-electron chi connectivity index (χ3n) is 2.00. The van der Waals surface area contributed by atoms with Crippen molar-refractivity contribution in [1.29, 1.82) is 0 Å². The summed E-state index contributed by atoms with van der Waals surface area (Å²) in [5, 5.41) is 2.62. The summed E-state index contributed by atoms with van der Waals surface area (Å²) >= 11 is 0. The number of nitrogens with one attached hydrogen (secondary N) is 1. The molecule has 15 heavy (non-hydrogen) atoms. The zero-order valence-electron chi connectivity index (χ0n) is 9.28. The van der Waals surface area contributed by atoms with E-state index in [2.05, 4.69) is 5.32 Å². The Hall–Kier alpha value is -1.10. The van der Waals surface area contributed by atoms with Crippen LogP contribution < -0.4 is 5.32 Å². The van der Waals surface area contributed by atoms with Crippen LogP contribution in [0.5, 0.6) is 0 Å². The Kier molecular flexibility index (Phi) is 3.68. The third kappa shape index (κ3) is 3.87. The Labute approximate surface area is 89.1 Å². The van der Waals surface area contributed by atoms with E-state index in [1.54, 1.807) is 20.8 Å². The summed E-state index contributed by atoms with van der Waals surface area (Å²) in [4.78, 5) is 22.0. The summed E-state index contributed by atoms with van der Waals surface area (Å²) in [6.45, 7) is 6.09. The lowest BCUT2D eigenvalue weighted by atomic mass is 10.1. The number of hydrogen-bond acceptors (Lipinski definition) is 4. The molecule has 86 valence electrons. The first-order chi connectivity index (χ1) is 6.92. The van der Waals surface area contributed by atoms with E-state index in [1.165, 1.54) is 0 Å². The van der Waals surface area contributed by atoms with Crippen LogP contribution in [0.15, 0.2) is 0 Å². The molecule has 0 aromatic carbocycles. The Morgan fingerprint density at radius 2 is 2.13 bits per heavy atom. The van der Waals surface area contributed by atoms with E-state index in [9.17, 15) is 9.59 Å². The smallest absolute Gasteiger partial charge is 0.407 e. The van der Waals surface area contributed by atoms with Gasteiger partial charge in [-0.25, -0.2) is 4.79 Å². The van der Waals surface area contributed by atoms with Gasteiger partial charge in [0.2, 0.25) is 0 Å². The van der Waals surface area contributed by atoms with E-state index < -0.39 is 11.7 Å². The first-order valence-electron chi connectivity index (χ1n) is 4.95. The number of alkyl carbamates (subject to hydrolysis) is 1. The van der Waals surface area contributed by atoms with Crippen molar-refractivity contribution in [3.05, 3.63) is 0 Å². The van der Waals surface area contributed by atoms with Crippen molar-refractivity contribution >= 4 is 12.4 Å². The Morgan fingerprint density at radius 3 is 2.67 bits per heavy atom. The van der Waals surface area contributed by atoms with Crippen molar-refractivity contribution in [2.45, 2.75) is 32.4 Å². The largest absolute Gasteiger partial charge is 0.444 e. The lowest BCUT2D eigenvalue weighted by Crippen LogP contribution is -2.43. The van der Waals surface area contributed by atoms with Crippen LogP contribution in [-0.2, 0) is 14.3 Å². The summed E-state index contributed by atoms with van der Waals surface area (Å²) in [6, 6.07) is -0.266. The Balaban J connectivity index is 2.41. The molecule has 0 unspecified atom stereocenters. The van der Waals surface area contributed by atoms with Crippen LogP contribution in [0.1, 0.15) is 20.8 Å². The van der Waals surface area contributed by atoms with Gasteiger partial charge < -0.3 is 19.6 Å². The average Bonchev–Trinajstić information content (AvgIpc) is 2.48. The maximum atomic E-state index is 11.4. The molecule has 0 aromatic heterocycles. The summed E-state index contributed by atoms with van der Waals surface area (Å²) in [5.41, 5.74) is -0.528. The minimum atomic E-state index is -0.528. The van der Waals surface area contributed by atoms with Gasteiger partial charge in [0.05, 0.1) is 25.2 Å². The highest BCUT2D eigenvalue weighted by molar-refractivity contribution is 5.69. The normalized spacial score (nSPS) is 26.1. The second kappa shape index (κ2) is 4.61. The van der Waals surface area contributed by atoms with Gasteiger partial charge in [-0.3, -0.25) is 0 Å². The van der Waals surface area contributed by atoms with Crippen LogP contribution in [0.25, 0.3) is 0 Å². The number of aldehydes is 1. The number of ether oxygens (including phenoxy) is 2. The zero-order valence-corrected chi connectivity index (χ0v) is 9.28. The first-order valence-corrected chi connectivity index (χ1v) is 4.95. The Morgan fingerprint density at radius 1 is 1.47 bits per heavy atom. The molecule has 1 saturated heterocycles. The quantitative estimate of drug-likeness (QED) is 0.689. The van der Waals surface area contributed by atoms with Gasteiger partial charge in [0.15, 0.2) is 0 Å². The molecule has 1 rings (SSSR count). The van der Waals surface area contributed by atoms with Crippen molar-refractivity contribution in [1.82, 2.24) is 5.32 Å². The van der Waals surface area contributed by atoms with Crippen molar-refractivity contribution in [3.63, 3.8) is 0 Å². The van der Waals surface area contributed by atoms with Gasteiger partial charge in [-0.05, 0) is 20.8 Å². The molecule has 2 atom stereocenters. The van der Waals surface area contributed by atoms with E-state index in [0.717, 1.165) is 6.29 Å². The second-order valence-electron chi connectivity index (χ2n) is 4.59. The maximum Gasteiger partial charge on any atom is 0.407 e. The van der Waals surface area contributed by atoms with E-state index >= 15 is 0 Å². The molecule has 1 fully saturated rings. The Bertz CT molecular complexity index is 246. The van der Waals surface area contributed by atoms with Crippen molar-refractivity contribution in [2.24, 2.45) is 5.92 Å². The average molecular weight is 215 g/mol. The first kappa shape index (κ1) is 12.0. The number of hydrogen-bond donors (Lipinski definition) is 1. The molecular weight excluding hydrogens is 198 g/mol. The highest BCUT2D eigenvalue weighted by Gasteiger charge is 2.30. The van der Waals surface area contributed by atoms with Crippen LogP contribution in [0, 0.1) is 5.92 Å². The van der Waals surface area contributed by atoms with Crippen LogP contribution >= 0.6 is 0 Å². The molecule has 5 nitrogen and oxygen atoms in total. The maximum absolute atomic E-state index is 11.4. The molecule has 1 N–H and O–H groups in total. The van der Waals surface area contributed by atoms with Gasteiger partial charge in [0.1, 0.15) is 11.9 Å². The lowest BCUT2D eigenvalue weighted by molar-refractivity contribution is -0.111. The highest BCUT2D eigenvalue weighted by atomic mass is 16.6. The van der Waals surface area contributed by atoms with E-state index in [0.29, 0.717) is 13.2 Å². The summed E-state index contributed by atoms with van der Waals surface area (Å²) in [5.74, 6) is -0.266. The number of carbonyl (C=O) groups excluding carboxylic acids is 2. The topological polar surface area (TPSA) is 64.6 Å². The molecule has 1 heterocycles. The molecule has 1 aliphatic rings. The highest BCUT2D eigenvalue weighted by Crippen LogP contribution is 2.12. The van der Waals surface area contributed by atoms with E-state index in [4.69, 9.17) is 9.47 Å². The van der Waals surface area contributed by atoms with Gasteiger partial charge in [-0.2, -0.15) is 0 Å². The molecule has 1 amide bonds. The zero-order chi connectivity index (χ0) is 11.5. The van der Waals surface area contributed by atoms with E-state index in [-0.39, 0.29) is 12.0 Å². The van der Waals surface area contributed by atoms with Gasteiger partial charge in [0.25, 0.3) is 0 Å². The fourth-order valence-corrected chi connectivity index (χ4v) is 1.31. The van der Waals surface area contributed by atoms with E-state index in [1.807, 2.05) is 0 Å². The summed E-state index contributed by atoms with van der Waals surface area (Å²) in [6.07, 6.45) is 0.291. The minimum Gasteiger partial charge on any atom is -0.444 e. The molecule has 0 spiro atoms. The van der Waals surface area contributed by atoms with Crippen LogP contribution in [-0.4, -0.2) is 37.2 Å². The molecular formula is C10H17NO4. The van der Waals surface area contributed by atoms with Gasteiger partial charge in [0, 0.05) is 0 Å². The monoisotopic (exact) mass is 215 g/mol. The van der Waals surface area contributed by atoms with Gasteiger partial charge >= 0.3 is 6.09 Å². The van der Waals surface area contributed by atoms with Crippen LogP contribution in [0.4, 0.5) is 4.79 Å². The molecule has 5 heteroatoms. The lowest BCUT2D eigenvalue weighted by Gasteiger charge is -2.22. The van der Waals surface area contributed by atoms with Crippen LogP contribution in [0.2, 0.25) is 0 Å². The van der Waals surface area contributed by atoms with Crippen molar-refractivity contribution < 1.29 is 19.1 Å². The van der Waals surface area contributed by atoms with Gasteiger partial charge in [-0.15, -0.1) is 0 Å². The van der Waals surface area contributed by atoms with Crippen molar-refractivity contribution in [2.75, 3.05) is 13.2 Å². The third-order valence-corrected chi connectivity index (χ3v) is 2.00. The number of carbonyl (C=O) groups is 2. The molecule has 0 aromatic rings. The standard InChI is InChI=1S/C10H17NO4/c1-10(2,3)15-9(13)11-8-6-14-5-7(8)4-12/h4,7-8H,5-6H2,1-3H3,(H,11,13)/t7-,8-/m0/s1. The molecule has 0 aliphatic carbocycles. The minimum absolute atomic E-state index is 0.266. The van der Waals surface area contributed by atoms with Gasteiger partial charge in [-0.1, -0.05) is 0 Å². The summed E-state index contributed by atoms with van der Waals surface area (Å²) < 4.78 is 10.2. The number of amides is 1. The summed E-state index contributed by atoms with van der Waals surface area (Å²) in [7, 11) is 0. The van der Waals surface area contributed by atoms with Crippen molar-refractivity contribution in [3.8, 4) is 0 Å². The SMILES string of the molecule is CC(C)(C)OC(=O)N[C@H]1COC[C@@H]1C=O. The molecule has 0 saturated carbocycles. The predicted molar refractivity (Wildman–Crippen MR) is 53.5 cm³/mol. The predicted octanol–water partition coefficient (Wildman–Crippen LogP) is 0.725. The molecule has 1 aliphatic heterocycles. The fraction of sp³-hybridized carbons (Fsp3) is 0.800. The van der Waals surface area contributed by atoms with Crippen LogP contribution in [0.3, 0.4) is 0 Å². The number of rotatable bonds is 2.